The molecular formula is C35H36ClNO3. The summed E-state index contributed by atoms with van der Waals surface area (Å²) in [5.41, 5.74) is 6.62. The number of rotatable bonds is 12. The standard InChI is InChI=1S/C35H36ClNO3/c1-26(24-28-10-16-31(36)17-11-28)35(29-12-18-32(19-13-29)39-23-7-22-37(2)3)30-14-20-33(21-15-30)40-34(38)25-27-8-5-4-6-9-27/h4-6,8-21H,7,22-25H2,1-3H3/b35-26-. The van der Waals surface area contributed by atoms with Gasteiger partial charge in [-0.25, -0.2) is 0 Å². The molecule has 0 saturated carbocycles. The zero-order chi connectivity index (χ0) is 28.3. The molecule has 0 atom stereocenters. The van der Waals surface area contributed by atoms with Gasteiger partial charge in [0.2, 0.25) is 0 Å². The Labute approximate surface area is 242 Å². The first-order valence-corrected chi connectivity index (χ1v) is 13.9. The van der Waals surface area contributed by atoms with Crippen molar-refractivity contribution in [2.75, 3.05) is 27.2 Å². The third kappa shape index (κ3) is 8.84. The number of allylic oxidation sites excluding steroid dienone is 1. The number of nitrogens with zero attached hydrogens (tertiary/aromatic N) is 1. The third-order valence-electron chi connectivity index (χ3n) is 6.54. The van der Waals surface area contributed by atoms with Gasteiger partial charge in [0.25, 0.3) is 0 Å². The molecular weight excluding hydrogens is 518 g/mol. The Bertz CT molecular complexity index is 1390. The highest BCUT2D eigenvalue weighted by Gasteiger charge is 2.12. The molecule has 0 N–H and O–H groups in total. The Morgan fingerprint density at radius 1 is 0.725 bits per heavy atom. The number of carbonyl (C=O) groups is 1. The van der Waals surface area contributed by atoms with Gasteiger partial charge in [0, 0.05) is 11.6 Å². The molecule has 4 aromatic rings. The predicted octanol–water partition coefficient (Wildman–Crippen LogP) is 7.88. The van der Waals surface area contributed by atoms with E-state index in [2.05, 4.69) is 50.2 Å². The van der Waals surface area contributed by atoms with Crippen LogP contribution in [-0.2, 0) is 17.6 Å². The molecule has 0 heterocycles. The van der Waals surface area contributed by atoms with Crippen LogP contribution in [0, 0.1) is 0 Å². The Balaban J connectivity index is 1.54. The van der Waals surface area contributed by atoms with Crippen molar-refractivity contribution < 1.29 is 14.3 Å². The van der Waals surface area contributed by atoms with E-state index in [0.717, 1.165) is 52.4 Å². The van der Waals surface area contributed by atoms with Crippen molar-refractivity contribution in [3.63, 3.8) is 0 Å². The number of carbonyl (C=O) groups excluding carboxylic acids is 1. The highest BCUT2D eigenvalue weighted by atomic mass is 35.5. The molecule has 0 fully saturated rings. The fourth-order valence-corrected chi connectivity index (χ4v) is 4.69. The lowest BCUT2D eigenvalue weighted by atomic mass is 9.90. The summed E-state index contributed by atoms with van der Waals surface area (Å²) in [5, 5.41) is 0.726. The van der Waals surface area contributed by atoms with Gasteiger partial charge >= 0.3 is 5.97 Å². The lowest BCUT2D eigenvalue weighted by Crippen LogP contribution is -2.15. The molecule has 0 spiro atoms. The van der Waals surface area contributed by atoms with Crippen molar-refractivity contribution in [2.45, 2.75) is 26.2 Å². The largest absolute Gasteiger partial charge is 0.494 e. The zero-order valence-corrected chi connectivity index (χ0v) is 24.2. The van der Waals surface area contributed by atoms with Gasteiger partial charge in [-0.2, -0.15) is 0 Å². The average Bonchev–Trinajstić information content (AvgIpc) is 2.94. The van der Waals surface area contributed by atoms with Gasteiger partial charge in [0.05, 0.1) is 13.0 Å². The van der Waals surface area contributed by atoms with E-state index in [1.165, 1.54) is 11.1 Å². The summed E-state index contributed by atoms with van der Waals surface area (Å²) in [6.45, 7) is 3.83. The second-order valence-corrected chi connectivity index (χ2v) is 10.6. The Morgan fingerprint density at radius 2 is 1.30 bits per heavy atom. The van der Waals surface area contributed by atoms with E-state index in [1.54, 1.807) is 0 Å². The topological polar surface area (TPSA) is 38.8 Å². The van der Waals surface area contributed by atoms with Gasteiger partial charge < -0.3 is 14.4 Å². The van der Waals surface area contributed by atoms with Crippen LogP contribution in [0.4, 0.5) is 0 Å². The van der Waals surface area contributed by atoms with E-state index < -0.39 is 0 Å². The SMILES string of the molecule is C/C(Cc1ccc(Cl)cc1)=C(\c1ccc(OCCCN(C)C)cc1)c1ccc(OC(=O)Cc2ccccc2)cc1. The number of ether oxygens (including phenoxy) is 2. The molecule has 0 aliphatic rings. The summed E-state index contributed by atoms with van der Waals surface area (Å²) in [7, 11) is 4.13. The Kier molecular flexibility index (Phi) is 10.6. The van der Waals surface area contributed by atoms with E-state index in [9.17, 15) is 4.79 Å². The van der Waals surface area contributed by atoms with Gasteiger partial charge in [-0.15, -0.1) is 0 Å². The van der Waals surface area contributed by atoms with Crippen molar-refractivity contribution in [3.05, 3.63) is 136 Å². The molecule has 4 rings (SSSR count). The molecule has 0 aliphatic carbocycles. The van der Waals surface area contributed by atoms with Crippen molar-refractivity contribution >= 4 is 23.1 Å². The monoisotopic (exact) mass is 553 g/mol. The fraction of sp³-hybridized carbons (Fsp3) is 0.229. The quantitative estimate of drug-likeness (QED) is 0.102. The summed E-state index contributed by atoms with van der Waals surface area (Å²) in [6.07, 6.45) is 1.99. The lowest BCUT2D eigenvalue weighted by Gasteiger charge is -2.16. The second-order valence-electron chi connectivity index (χ2n) is 10.1. The van der Waals surface area contributed by atoms with Crippen molar-refractivity contribution in [2.24, 2.45) is 0 Å². The van der Waals surface area contributed by atoms with E-state index in [-0.39, 0.29) is 12.4 Å². The van der Waals surface area contributed by atoms with Crippen LogP contribution in [0.3, 0.4) is 0 Å². The Morgan fingerprint density at radius 3 is 1.90 bits per heavy atom. The van der Waals surface area contributed by atoms with Gasteiger partial charge in [-0.1, -0.05) is 83.9 Å². The lowest BCUT2D eigenvalue weighted by molar-refractivity contribution is -0.133. The number of hydrogen-bond donors (Lipinski definition) is 0. The van der Waals surface area contributed by atoms with E-state index in [0.29, 0.717) is 12.4 Å². The van der Waals surface area contributed by atoms with Crippen molar-refractivity contribution in [3.8, 4) is 11.5 Å². The van der Waals surface area contributed by atoms with E-state index in [1.807, 2.05) is 78.9 Å². The minimum atomic E-state index is -0.283. The first-order chi connectivity index (χ1) is 19.4. The molecule has 0 aliphatic heterocycles. The minimum absolute atomic E-state index is 0.234. The summed E-state index contributed by atoms with van der Waals surface area (Å²) >= 11 is 6.11. The smallest absolute Gasteiger partial charge is 0.315 e. The van der Waals surface area contributed by atoms with Crippen molar-refractivity contribution in [1.29, 1.82) is 0 Å². The summed E-state index contributed by atoms with van der Waals surface area (Å²) < 4.78 is 11.6. The van der Waals surface area contributed by atoms with E-state index in [4.69, 9.17) is 21.1 Å². The van der Waals surface area contributed by atoms with Crippen LogP contribution in [0.2, 0.25) is 5.02 Å². The molecule has 0 bridgehead atoms. The number of hydrogen-bond acceptors (Lipinski definition) is 4. The van der Waals surface area contributed by atoms with Crippen LogP contribution < -0.4 is 9.47 Å². The van der Waals surface area contributed by atoms with E-state index >= 15 is 0 Å². The van der Waals surface area contributed by atoms with Gasteiger partial charge in [-0.3, -0.25) is 4.79 Å². The summed E-state index contributed by atoms with van der Waals surface area (Å²) in [6, 6.07) is 33.6. The van der Waals surface area contributed by atoms with Crippen LogP contribution in [0.15, 0.2) is 109 Å². The Hall–Kier alpha value is -3.86. The molecule has 4 aromatic carbocycles. The van der Waals surface area contributed by atoms with Crippen LogP contribution in [0.5, 0.6) is 11.5 Å². The zero-order valence-electron chi connectivity index (χ0n) is 23.4. The predicted molar refractivity (Wildman–Crippen MR) is 164 cm³/mol. The van der Waals surface area contributed by atoms with Gasteiger partial charge in [0.15, 0.2) is 0 Å². The van der Waals surface area contributed by atoms with Gasteiger partial charge in [-0.05, 0) is 98.1 Å². The number of esters is 1. The second kappa shape index (κ2) is 14.5. The molecule has 206 valence electrons. The normalized spacial score (nSPS) is 11.7. The average molecular weight is 554 g/mol. The minimum Gasteiger partial charge on any atom is -0.494 e. The van der Waals surface area contributed by atoms with Crippen LogP contribution in [0.25, 0.3) is 5.57 Å². The molecule has 4 nitrogen and oxygen atoms in total. The van der Waals surface area contributed by atoms with Crippen molar-refractivity contribution in [1.82, 2.24) is 4.90 Å². The summed E-state index contributed by atoms with van der Waals surface area (Å²) in [5.74, 6) is 1.11. The molecule has 0 aromatic heterocycles. The van der Waals surface area contributed by atoms with Crippen LogP contribution >= 0.6 is 11.6 Å². The maximum atomic E-state index is 12.5. The first-order valence-electron chi connectivity index (χ1n) is 13.5. The first kappa shape index (κ1) is 29.1. The highest BCUT2D eigenvalue weighted by Crippen LogP contribution is 2.31. The van der Waals surface area contributed by atoms with Crippen LogP contribution in [-0.4, -0.2) is 38.1 Å². The summed E-state index contributed by atoms with van der Waals surface area (Å²) in [4.78, 5) is 14.6. The fourth-order valence-electron chi connectivity index (χ4n) is 4.56. The molecule has 0 radical (unpaired) electrons. The molecule has 5 heteroatoms. The highest BCUT2D eigenvalue weighted by molar-refractivity contribution is 6.30. The van der Waals surface area contributed by atoms with Gasteiger partial charge in [0.1, 0.15) is 11.5 Å². The molecule has 40 heavy (non-hydrogen) atoms. The molecule has 0 amide bonds. The maximum absolute atomic E-state index is 12.5. The third-order valence-corrected chi connectivity index (χ3v) is 6.79. The maximum Gasteiger partial charge on any atom is 0.315 e. The number of benzene rings is 4. The van der Waals surface area contributed by atoms with Crippen LogP contribution in [0.1, 0.15) is 35.6 Å². The number of halogens is 1. The molecule has 0 unspecified atom stereocenters. The molecule has 0 saturated heterocycles.